The average Bonchev–Trinajstić information content (AvgIpc) is 2.91. The lowest BCUT2D eigenvalue weighted by Gasteiger charge is -2.08. The molecule has 0 unspecified atom stereocenters. The van der Waals surface area contributed by atoms with Gasteiger partial charge in [0.05, 0.1) is 13.1 Å². The van der Waals surface area contributed by atoms with Crippen LogP contribution in [0.15, 0.2) is 0 Å². The minimum absolute atomic E-state index is 0.0790. The predicted octanol–water partition coefficient (Wildman–Crippen LogP) is 6.15. The van der Waals surface area contributed by atoms with Crippen molar-refractivity contribution < 1.29 is 28.7 Å². The molecule has 0 bridgehead atoms. The van der Waals surface area contributed by atoms with E-state index in [9.17, 15) is 19.2 Å². The van der Waals surface area contributed by atoms with Crippen LogP contribution in [0.2, 0.25) is 0 Å². The second kappa shape index (κ2) is 27.9. The van der Waals surface area contributed by atoms with Crippen molar-refractivity contribution in [3.63, 3.8) is 0 Å². The van der Waals surface area contributed by atoms with E-state index in [-0.39, 0.29) is 38.1 Å². The fourth-order valence-electron chi connectivity index (χ4n) is 4.16. The van der Waals surface area contributed by atoms with E-state index in [4.69, 9.17) is 9.47 Å². The smallest absolute Gasteiger partial charge is 0.417 e. The van der Waals surface area contributed by atoms with Crippen LogP contribution < -0.4 is 10.6 Å². The molecular formula is C30H56N2O6. The molecule has 222 valence electrons. The van der Waals surface area contributed by atoms with Gasteiger partial charge in [-0.25, -0.2) is 9.59 Å². The maximum Gasteiger partial charge on any atom is 0.417 e. The predicted molar refractivity (Wildman–Crippen MR) is 152 cm³/mol. The summed E-state index contributed by atoms with van der Waals surface area (Å²) < 4.78 is 9.65. The van der Waals surface area contributed by atoms with E-state index in [1.165, 1.54) is 77.0 Å². The van der Waals surface area contributed by atoms with Gasteiger partial charge in [-0.15, -0.1) is 0 Å². The van der Waals surface area contributed by atoms with Crippen LogP contribution in [-0.2, 0) is 28.7 Å². The van der Waals surface area contributed by atoms with Gasteiger partial charge in [-0.05, 0) is 12.8 Å². The second-order valence-electron chi connectivity index (χ2n) is 10.1. The Labute approximate surface area is 231 Å². The molecule has 0 saturated carbocycles. The van der Waals surface area contributed by atoms with Crippen LogP contribution in [0, 0.1) is 0 Å². The lowest BCUT2D eigenvalue weighted by molar-refractivity contribution is -0.167. The van der Waals surface area contributed by atoms with Crippen LogP contribution in [0.4, 0.5) is 0 Å². The summed E-state index contributed by atoms with van der Waals surface area (Å²) in [6.07, 6.45) is 22.4. The first kappa shape index (κ1) is 35.9. The molecule has 0 aliphatic heterocycles. The lowest BCUT2D eigenvalue weighted by Crippen LogP contribution is -2.31. The lowest BCUT2D eigenvalue weighted by atomic mass is 10.1. The van der Waals surface area contributed by atoms with Gasteiger partial charge < -0.3 is 20.1 Å². The van der Waals surface area contributed by atoms with Gasteiger partial charge in [-0.1, -0.05) is 117 Å². The van der Waals surface area contributed by atoms with Crippen LogP contribution in [-0.4, -0.2) is 50.1 Å². The molecule has 0 heterocycles. The molecule has 2 amide bonds. The summed E-state index contributed by atoms with van der Waals surface area (Å²) >= 11 is 0. The first-order valence-electron chi connectivity index (χ1n) is 15.4. The SMILES string of the molecule is CCCCCCCCCCCC(=O)NCCOC(=O)C(=O)OCCNC(=O)CCCCCCCCCCC. The molecule has 2 N–H and O–H groups in total. The Hall–Kier alpha value is -2.12. The van der Waals surface area contributed by atoms with Crippen LogP contribution in [0.5, 0.6) is 0 Å². The normalized spacial score (nSPS) is 10.7. The Bertz CT molecular complexity index is 560. The Kier molecular flexibility index (Phi) is 26.3. The third kappa shape index (κ3) is 25.5. The fraction of sp³-hybridized carbons (Fsp3) is 0.867. The van der Waals surface area contributed by atoms with Gasteiger partial charge in [0.25, 0.3) is 0 Å². The third-order valence-electron chi connectivity index (χ3n) is 6.50. The molecule has 0 rings (SSSR count). The van der Waals surface area contributed by atoms with Gasteiger partial charge in [0, 0.05) is 12.8 Å². The van der Waals surface area contributed by atoms with Gasteiger partial charge in [0.15, 0.2) is 0 Å². The molecule has 38 heavy (non-hydrogen) atoms. The highest BCUT2D eigenvalue weighted by Crippen LogP contribution is 2.11. The largest absolute Gasteiger partial charge is 0.455 e. The van der Waals surface area contributed by atoms with E-state index in [1.807, 2.05) is 0 Å². The molecule has 0 aromatic heterocycles. The number of ether oxygens (including phenoxy) is 2. The highest BCUT2D eigenvalue weighted by atomic mass is 16.6. The maximum absolute atomic E-state index is 11.8. The summed E-state index contributed by atoms with van der Waals surface area (Å²) in [7, 11) is 0. The van der Waals surface area contributed by atoms with Crippen LogP contribution in [0.3, 0.4) is 0 Å². The monoisotopic (exact) mass is 540 g/mol. The maximum atomic E-state index is 11.8. The van der Waals surface area contributed by atoms with Gasteiger partial charge in [-0.3, -0.25) is 9.59 Å². The Morgan fingerprint density at radius 2 is 0.737 bits per heavy atom. The molecule has 0 saturated heterocycles. The molecule has 0 aliphatic carbocycles. The Balaban J connectivity index is 3.53. The van der Waals surface area contributed by atoms with Crippen molar-refractivity contribution in [2.75, 3.05) is 26.3 Å². The highest BCUT2D eigenvalue weighted by molar-refractivity contribution is 6.29. The van der Waals surface area contributed by atoms with Crippen molar-refractivity contribution in [3.05, 3.63) is 0 Å². The number of unbranched alkanes of at least 4 members (excludes halogenated alkanes) is 16. The summed E-state index contributed by atoms with van der Waals surface area (Å²) in [5.41, 5.74) is 0. The summed E-state index contributed by atoms with van der Waals surface area (Å²) in [6, 6.07) is 0. The van der Waals surface area contributed by atoms with Crippen molar-refractivity contribution in [2.45, 2.75) is 142 Å². The average molecular weight is 541 g/mol. The zero-order valence-electron chi connectivity index (χ0n) is 24.4. The summed E-state index contributed by atoms with van der Waals surface area (Å²) in [6.45, 7) is 4.57. The molecule has 8 heteroatoms. The van der Waals surface area contributed by atoms with E-state index >= 15 is 0 Å². The first-order valence-corrected chi connectivity index (χ1v) is 15.4. The number of carbonyl (C=O) groups is 4. The van der Waals surface area contributed by atoms with Crippen molar-refractivity contribution >= 4 is 23.8 Å². The zero-order chi connectivity index (χ0) is 28.1. The number of hydrogen-bond donors (Lipinski definition) is 2. The van der Waals surface area contributed by atoms with E-state index in [0.29, 0.717) is 12.8 Å². The van der Waals surface area contributed by atoms with Crippen LogP contribution in [0.1, 0.15) is 142 Å². The molecule has 0 radical (unpaired) electrons. The van der Waals surface area contributed by atoms with Crippen molar-refractivity contribution in [2.24, 2.45) is 0 Å². The quantitative estimate of drug-likeness (QED) is 0.0774. The van der Waals surface area contributed by atoms with Gasteiger partial charge in [-0.2, -0.15) is 0 Å². The number of nitrogens with one attached hydrogen (secondary N) is 2. The molecule has 0 aliphatic rings. The molecular weight excluding hydrogens is 484 g/mol. The zero-order valence-corrected chi connectivity index (χ0v) is 24.4. The van der Waals surface area contributed by atoms with Crippen molar-refractivity contribution in [1.82, 2.24) is 10.6 Å². The van der Waals surface area contributed by atoms with Gasteiger partial charge in [0.2, 0.25) is 11.8 Å². The minimum Gasteiger partial charge on any atom is -0.455 e. The highest BCUT2D eigenvalue weighted by Gasteiger charge is 2.17. The Morgan fingerprint density at radius 1 is 0.447 bits per heavy atom. The van der Waals surface area contributed by atoms with E-state index in [0.717, 1.165) is 38.5 Å². The van der Waals surface area contributed by atoms with E-state index < -0.39 is 11.9 Å². The number of esters is 2. The van der Waals surface area contributed by atoms with Crippen LogP contribution in [0.25, 0.3) is 0 Å². The number of amides is 2. The number of rotatable bonds is 26. The standard InChI is InChI=1S/C30H56N2O6/c1-3-5-7-9-11-13-15-17-19-21-27(33)31-23-25-37-29(35)30(36)38-26-24-32-28(34)22-20-18-16-14-12-10-8-6-4-2/h3-26H2,1-2H3,(H,31,33)(H,32,34). The molecule has 0 spiro atoms. The minimum atomic E-state index is -1.10. The van der Waals surface area contributed by atoms with Gasteiger partial charge in [0.1, 0.15) is 13.2 Å². The summed E-state index contributed by atoms with van der Waals surface area (Å²) in [5.74, 6) is -2.35. The number of carbonyl (C=O) groups excluding carboxylic acids is 4. The summed E-state index contributed by atoms with van der Waals surface area (Å²) in [4.78, 5) is 47.0. The third-order valence-corrected chi connectivity index (χ3v) is 6.50. The second-order valence-corrected chi connectivity index (χ2v) is 10.1. The molecule has 0 atom stereocenters. The molecule has 0 fully saturated rings. The van der Waals surface area contributed by atoms with Crippen molar-refractivity contribution in [3.8, 4) is 0 Å². The van der Waals surface area contributed by atoms with Crippen molar-refractivity contribution in [1.29, 1.82) is 0 Å². The molecule has 0 aromatic rings. The van der Waals surface area contributed by atoms with Crippen LogP contribution >= 0.6 is 0 Å². The Morgan fingerprint density at radius 3 is 1.05 bits per heavy atom. The fourth-order valence-corrected chi connectivity index (χ4v) is 4.16. The van der Waals surface area contributed by atoms with E-state index in [2.05, 4.69) is 24.5 Å². The number of hydrogen-bond acceptors (Lipinski definition) is 6. The topological polar surface area (TPSA) is 111 Å². The summed E-state index contributed by atoms with van der Waals surface area (Å²) in [5, 5.41) is 5.38. The van der Waals surface area contributed by atoms with E-state index in [1.54, 1.807) is 0 Å². The molecule has 8 nitrogen and oxygen atoms in total. The molecule has 0 aromatic carbocycles. The van der Waals surface area contributed by atoms with Gasteiger partial charge >= 0.3 is 11.9 Å². The first-order chi connectivity index (χ1) is 18.5.